The summed E-state index contributed by atoms with van der Waals surface area (Å²) in [6.07, 6.45) is 6.07. The minimum absolute atomic E-state index is 0.0808. The van der Waals surface area contributed by atoms with Crippen LogP contribution in [-0.4, -0.2) is 56.6 Å². The van der Waals surface area contributed by atoms with Crippen LogP contribution in [0.2, 0.25) is 0 Å². The number of aliphatic carboxylic acids is 1. The third kappa shape index (κ3) is 4.90. The molecule has 0 radical (unpaired) electrons. The van der Waals surface area contributed by atoms with Crippen molar-refractivity contribution in [2.45, 2.75) is 71.9 Å². The molecule has 1 aliphatic rings. The van der Waals surface area contributed by atoms with Crippen molar-refractivity contribution in [2.24, 2.45) is 18.9 Å². The zero-order valence-corrected chi connectivity index (χ0v) is 24.2. The van der Waals surface area contributed by atoms with E-state index in [0.717, 1.165) is 63.1 Å². The van der Waals surface area contributed by atoms with E-state index in [1.54, 1.807) is 4.68 Å². The van der Waals surface area contributed by atoms with Gasteiger partial charge in [-0.15, -0.1) is 0 Å². The minimum atomic E-state index is -0.730. The number of aromatic nitrogens is 7. The number of benzene rings is 1. The van der Waals surface area contributed by atoms with Crippen molar-refractivity contribution < 1.29 is 15.0 Å². The van der Waals surface area contributed by atoms with Crippen LogP contribution in [0.25, 0.3) is 38.9 Å². The number of aliphatic hydroxyl groups excluding tert-OH is 1. The Morgan fingerprint density at radius 2 is 1.83 bits per heavy atom. The highest BCUT2D eigenvalue weighted by Crippen LogP contribution is 2.37. The molecule has 1 aromatic carbocycles. The van der Waals surface area contributed by atoms with E-state index in [0.29, 0.717) is 19.4 Å². The number of hydrogen-bond donors (Lipinski definition) is 2. The second kappa shape index (κ2) is 10.4. The molecule has 0 spiro atoms. The average Bonchev–Trinajstić information content (AvgIpc) is 3.61. The Labute approximate surface area is 238 Å². The Hall–Kier alpha value is -4.05. The van der Waals surface area contributed by atoms with Crippen LogP contribution in [0.4, 0.5) is 0 Å². The third-order valence-electron chi connectivity index (χ3n) is 8.63. The molecule has 1 atom stereocenters. The van der Waals surface area contributed by atoms with Gasteiger partial charge in [0.15, 0.2) is 5.65 Å². The molecule has 0 saturated heterocycles. The van der Waals surface area contributed by atoms with Crippen LogP contribution < -0.4 is 0 Å². The molecule has 10 nitrogen and oxygen atoms in total. The summed E-state index contributed by atoms with van der Waals surface area (Å²) >= 11 is 0. The van der Waals surface area contributed by atoms with Crippen LogP contribution in [0, 0.1) is 25.7 Å². The summed E-state index contributed by atoms with van der Waals surface area (Å²) in [5.41, 5.74) is 7.52. The molecule has 10 heteroatoms. The first kappa shape index (κ1) is 27.1. The van der Waals surface area contributed by atoms with E-state index in [2.05, 4.69) is 38.0 Å². The maximum absolute atomic E-state index is 11.3. The number of nitrogens with zero attached hydrogens (tertiary/aromatic N) is 7. The Kier molecular flexibility index (Phi) is 6.89. The predicted molar refractivity (Wildman–Crippen MR) is 157 cm³/mol. The topological polar surface area (TPSA) is 124 Å². The standard InChI is InChI=1S/C31H37N7O3/c1-17(2)28-19(4)38(26-13-22-14-36(5)35-30(22)32-18(26)3)34-29(28)23-7-6-8-25-24(23)15-37(33-25)16-27(39)20-9-11-21(12-10-20)31(40)41/h6-8,13-15,17,20-21,27,39H,9-12,16H2,1-5H3,(H,40,41)/t20?,21?,27-/m1/s1. The van der Waals surface area contributed by atoms with Gasteiger partial charge in [0.05, 0.1) is 41.2 Å². The largest absolute Gasteiger partial charge is 0.481 e. The minimum Gasteiger partial charge on any atom is -0.481 e. The van der Waals surface area contributed by atoms with E-state index in [1.807, 2.05) is 47.9 Å². The van der Waals surface area contributed by atoms with Crippen LogP contribution in [0.5, 0.6) is 0 Å². The quantitative estimate of drug-likeness (QED) is 0.284. The number of aliphatic hydroxyl groups is 1. The fraction of sp³-hybridized carbons (Fsp3) is 0.452. The lowest BCUT2D eigenvalue weighted by Crippen LogP contribution is -2.31. The molecule has 6 rings (SSSR count). The van der Waals surface area contributed by atoms with Crippen molar-refractivity contribution in [3.63, 3.8) is 0 Å². The molecule has 4 heterocycles. The van der Waals surface area contributed by atoms with Crippen LogP contribution in [0.1, 0.15) is 62.4 Å². The zero-order chi connectivity index (χ0) is 29.0. The molecular weight excluding hydrogens is 518 g/mol. The van der Waals surface area contributed by atoms with Gasteiger partial charge in [-0.1, -0.05) is 26.0 Å². The van der Waals surface area contributed by atoms with Crippen LogP contribution >= 0.6 is 0 Å². The van der Waals surface area contributed by atoms with E-state index >= 15 is 0 Å². The lowest BCUT2D eigenvalue weighted by Gasteiger charge is -2.29. The molecule has 0 amide bonds. The molecule has 41 heavy (non-hydrogen) atoms. The number of hydrogen-bond acceptors (Lipinski definition) is 6. The number of carboxylic acids is 1. The van der Waals surface area contributed by atoms with Gasteiger partial charge < -0.3 is 10.2 Å². The van der Waals surface area contributed by atoms with E-state index in [1.165, 1.54) is 5.56 Å². The molecule has 1 fully saturated rings. The van der Waals surface area contributed by atoms with Gasteiger partial charge in [-0.25, -0.2) is 9.67 Å². The maximum atomic E-state index is 11.3. The first-order valence-corrected chi connectivity index (χ1v) is 14.4. The molecule has 5 aromatic rings. The Morgan fingerprint density at radius 3 is 2.54 bits per heavy atom. The zero-order valence-electron chi connectivity index (χ0n) is 24.2. The molecule has 4 aromatic heterocycles. The Bertz CT molecular complexity index is 1750. The molecule has 214 valence electrons. The fourth-order valence-electron chi connectivity index (χ4n) is 6.49. The van der Waals surface area contributed by atoms with E-state index in [-0.39, 0.29) is 17.8 Å². The van der Waals surface area contributed by atoms with Crippen molar-refractivity contribution in [2.75, 3.05) is 0 Å². The van der Waals surface area contributed by atoms with Gasteiger partial charge in [-0.2, -0.15) is 15.3 Å². The first-order chi connectivity index (χ1) is 19.6. The molecule has 2 N–H and O–H groups in total. The number of carboxylic acid groups (broad SMARTS) is 1. The first-order valence-electron chi connectivity index (χ1n) is 14.4. The summed E-state index contributed by atoms with van der Waals surface area (Å²) in [6, 6.07) is 8.18. The summed E-state index contributed by atoms with van der Waals surface area (Å²) in [7, 11) is 1.90. The molecule has 1 aliphatic carbocycles. The summed E-state index contributed by atoms with van der Waals surface area (Å²) in [5.74, 6) is -0.705. The second-order valence-corrected chi connectivity index (χ2v) is 11.8. The van der Waals surface area contributed by atoms with E-state index < -0.39 is 12.1 Å². The summed E-state index contributed by atoms with van der Waals surface area (Å²) in [6.45, 7) is 8.84. The number of rotatable bonds is 7. The van der Waals surface area contributed by atoms with Gasteiger partial charge in [0.1, 0.15) is 0 Å². The molecule has 0 bridgehead atoms. The summed E-state index contributed by atoms with van der Waals surface area (Å²) in [5, 5.41) is 36.7. The highest BCUT2D eigenvalue weighted by atomic mass is 16.4. The van der Waals surface area contributed by atoms with Crippen molar-refractivity contribution in [3.05, 3.63) is 53.6 Å². The smallest absolute Gasteiger partial charge is 0.306 e. The highest BCUT2D eigenvalue weighted by molar-refractivity contribution is 5.94. The van der Waals surface area contributed by atoms with E-state index in [4.69, 9.17) is 15.2 Å². The van der Waals surface area contributed by atoms with E-state index in [9.17, 15) is 15.0 Å². The van der Waals surface area contributed by atoms with Gasteiger partial charge in [0.2, 0.25) is 0 Å². The van der Waals surface area contributed by atoms with Crippen LogP contribution in [0.15, 0.2) is 36.7 Å². The number of carbonyl (C=O) groups is 1. The van der Waals surface area contributed by atoms with Crippen molar-refractivity contribution >= 4 is 27.9 Å². The monoisotopic (exact) mass is 555 g/mol. The van der Waals surface area contributed by atoms with Crippen LogP contribution in [-0.2, 0) is 18.4 Å². The SMILES string of the molecule is Cc1nc2nn(C)cc2cc1-n1nc(-c2cccc3nn(C[C@@H](O)C4CCC(C(=O)O)CC4)cc23)c(C(C)C)c1C. The second-order valence-electron chi connectivity index (χ2n) is 11.8. The van der Waals surface area contributed by atoms with Crippen molar-refractivity contribution in [1.29, 1.82) is 0 Å². The Balaban J connectivity index is 1.36. The number of aryl methyl sites for hydroxylation is 2. The molecule has 1 saturated carbocycles. The van der Waals surface area contributed by atoms with Gasteiger partial charge >= 0.3 is 5.97 Å². The van der Waals surface area contributed by atoms with Gasteiger partial charge in [0.25, 0.3) is 0 Å². The molecular formula is C31H37N7O3. The molecule has 0 aliphatic heterocycles. The lowest BCUT2D eigenvalue weighted by molar-refractivity contribution is -0.143. The van der Waals surface area contributed by atoms with Gasteiger partial charge in [-0.05, 0) is 63.5 Å². The summed E-state index contributed by atoms with van der Waals surface area (Å²) in [4.78, 5) is 16.1. The summed E-state index contributed by atoms with van der Waals surface area (Å²) < 4.78 is 5.60. The van der Waals surface area contributed by atoms with Gasteiger partial charge in [0, 0.05) is 47.0 Å². The third-order valence-corrected chi connectivity index (χ3v) is 8.63. The average molecular weight is 556 g/mol. The van der Waals surface area contributed by atoms with Crippen LogP contribution in [0.3, 0.4) is 0 Å². The maximum Gasteiger partial charge on any atom is 0.306 e. The van der Waals surface area contributed by atoms with Crippen molar-refractivity contribution in [3.8, 4) is 16.9 Å². The fourth-order valence-corrected chi connectivity index (χ4v) is 6.49. The van der Waals surface area contributed by atoms with Gasteiger partial charge in [-0.3, -0.25) is 14.2 Å². The normalized spacial score (nSPS) is 18.5. The predicted octanol–water partition coefficient (Wildman–Crippen LogP) is 5.16. The lowest BCUT2D eigenvalue weighted by atomic mass is 9.79. The number of fused-ring (bicyclic) bond motifs is 2. The van der Waals surface area contributed by atoms with Crippen molar-refractivity contribution in [1.82, 2.24) is 34.3 Å². The number of pyridine rings is 1. The highest BCUT2D eigenvalue weighted by Gasteiger charge is 2.30. The Morgan fingerprint density at radius 1 is 1.07 bits per heavy atom. The molecule has 0 unspecified atom stereocenters.